The number of rotatable bonds is 4. The van der Waals surface area contributed by atoms with Crippen molar-refractivity contribution >= 4 is 34.1 Å². The van der Waals surface area contributed by atoms with Gasteiger partial charge in [0.25, 0.3) is 0 Å². The van der Waals surface area contributed by atoms with Gasteiger partial charge >= 0.3 is 0 Å². The Hall–Kier alpha value is -3.14. The minimum atomic E-state index is -0.453. The summed E-state index contributed by atoms with van der Waals surface area (Å²) in [5, 5.41) is 25.9. The number of benzene rings is 1. The van der Waals surface area contributed by atoms with E-state index in [0.29, 0.717) is 39.3 Å². The maximum Gasteiger partial charge on any atom is 0.165 e. The van der Waals surface area contributed by atoms with E-state index in [0.717, 1.165) is 11.1 Å². The molecule has 1 unspecified atom stereocenters. The third-order valence-corrected chi connectivity index (χ3v) is 5.62. The van der Waals surface area contributed by atoms with Crippen molar-refractivity contribution in [3.63, 3.8) is 0 Å². The van der Waals surface area contributed by atoms with Crippen LogP contribution in [0.3, 0.4) is 0 Å². The number of nitrogens with one attached hydrogen (secondary N) is 2. The second kappa shape index (κ2) is 8.70. The van der Waals surface area contributed by atoms with Gasteiger partial charge in [-0.15, -0.1) is 11.8 Å². The van der Waals surface area contributed by atoms with Crippen LogP contribution in [0.1, 0.15) is 11.1 Å². The highest BCUT2D eigenvalue weighted by Crippen LogP contribution is 2.38. The summed E-state index contributed by atoms with van der Waals surface area (Å²) in [5.74, 6) is 0.484. The second-order valence-electron chi connectivity index (χ2n) is 6.45. The first-order valence-electron chi connectivity index (χ1n) is 9.02. The van der Waals surface area contributed by atoms with Gasteiger partial charge in [0.2, 0.25) is 0 Å². The number of fused-ring (bicyclic) bond motifs is 1. The Morgan fingerprint density at radius 1 is 1.17 bits per heavy atom. The molecule has 1 aromatic carbocycles. The van der Waals surface area contributed by atoms with Gasteiger partial charge < -0.3 is 0 Å². The fourth-order valence-corrected chi connectivity index (χ4v) is 3.91. The molecule has 0 bridgehead atoms. The lowest BCUT2D eigenvalue weighted by Crippen LogP contribution is -2.45. The third-order valence-electron chi connectivity index (χ3n) is 4.68. The molecule has 7 nitrogen and oxygen atoms in total. The molecule has 0 spiro atoms. The molecule has 2 N–H and O–H groups in total. The largest absolute Gasteiger partial charge is 0.292 e. The summed E-state index contributed by atoms with van der Waals surface area (Å²) in [5.41, 5.74) is 6.67. The van der Waals surface area contributed by atoms with Crippen molar-refractivity contribution in [1.82, 2.24) is 20.7 Å². The average molecular weight is 434 g/mol. The summed E-state index contributed by atoms with van der Waals surface area (Å²) >= 11 is 7.42. The monoisotopic (exact) mass is 433 g/mol. The highest BCUT2D eigenvalue weighted by Gasteiger charge is 2.38. The van der Waals surface area contributed by atoms with E-state index in [2.05, 4.69) is 32.9 Å². The predicted octanol–water partition coefficient (Wildman–Crippen LogP) is 3.42. The number of aromatic nitrogens is 1. The molecule has 2 aliphatic heterocycles. The molecule has 2 aliphatic rings. The SMILES string of the molecule is CSC1=NC2=C(C#N)C(NCc3ccncc3)NN2C(c2ccc(Cl)cc2)=C1C#N. The van der Waals surface area contributed by atoms with Crippen molar-refractivity contribution in [2.45, 2.75) is 12.7 Å². The third kappa shape index (κ3) is 3.70. The van der Waals surface area contributed by atoms with Gasteiger partial charge in [-0.2, -0.15) is 10.5 Å². The van der Waals surface area contributed by atoms with E-state index in [1.165, 1.54) is 11.8 Å². The number of hydrogen-bond donors (Lipinski definition) is 2. The Morgan fingerprint density at radius 2 is 1.90 bits per heavy atom. The maximum absolute atomic E-state index is 9.85. The normalized spacial score (nSPS) is 18.1. The van der Waals surface area contributed by atoms with Crippen molar-refractivity contribution in [3.8, 4) is 12.1 Å². The quantitative estimate of drug-likeness (QED) is 0.761. The number of pyridine rings is 1. The van der Waals surface area contributed by atoms with Crippen molar-refractivity contribution in [1.29, 1.82) is 10.5 Å². The molecule has 0 fully saturated rings. The fourth-order valence-electron chi connectivity index (χ4n) is 3.26. The zero-order chi connectivity index (χ0) is 21.1. The number of aliphatic imine (C=N–C) groups is 1. The Morgan fingerprint density at radius 3 is 2.53 bits per heavy atom. The molecule has 0 saturated carbocycles. The Bertz CT molecular complexity index is 1140. The zero-order valence-corrected chi connectivity index (χ0v) is 17.5. The van der Waals surface area contributed by atoms with Gasteiger partial charge in [-0.3, -0.25) is 15.3 Å². The van der Waals surface area contributed by atoms with Crippen LogP contribution in [0.25, 0.3) is 5.70 Å². The first-order chi connectivity index (χ1) is 14.7. The lowest BCUT2D eigenvalue weighted by atomic mass is 10.1. The Balaban J connectivity index is 1.74. The van der Waals surface area contributed by atoms with Crippen LogP contribution in [0.15, 0.2) is 70.8 Å². The van der Waals surface area contributed by atoms with E-state index >= 15 is 0 Å². The van der Waals surface area contributed by atoms with Gasteiger partial charge in [0.1, 0.15) is 34.5 Å². The molecule has 1 atom stereocenters. The van der Waals surface area contributed by atoms with Crippen LogP contribution in [0, 0.1) is 22.7 Å². The lowest BCUT2D eigenvalue weighted by Gasteiger charge is -2.29. The number of halogens is 1. The van der Waals surface area contributed by atoms with Gasteiger partial charge in [-0.05, 0) is 36.1 Å². The van der Waals surface area contributed by atoms with E-state index in [-0.39, 0.29) is 0 Å². The van der Waals surface area contributed by atoms with Crippen LogP contribution in [0.4, 0.5) is 0 Å². The first-order valence-corrected chi connectivity index (χ1v) is 10.6. The number of hydrazine groups is 1. The Labute approximate surface area is 183 Å². The molecule has 0 saturated heterocycles. The van der Waals surface area contributed by atoms with Gasteiger partial charge in [0, 0.05) is 29.5 Å². The number of thioether (sulfide) groups is 1. The summed E-state index contributed by atoms with van der Waals surface area (Å²) in [7, 11) is 0. The molecule has 3 heterocycles. The zero-order valence-electron chi connectivity index (χ0n) is 15.9. The highest BCUT2D eigenvalue weighted by molar-refractivity contribution is 8.13. The van der Waals surface area contributed by atoms with Gasteiger partial charge in [-0.25, -0.2) is 10.4 Å². The summed E-state index contributed by atoms with van der Waals surface area (Å²) < 4.78 is 0. The molecular formula is C21H16ClN7S. The van der Waals surface area contributed by atoms with Crippen LogP contribution >= 0.6 is 23.4 Å². The maximum atomic E-state index is 9.85. The summed E-state index contributed by atoms with van der Waals surface area (Å²) in [6.45, 7) is 0.538. The van der Waals surface area contributed by atoms with Crippen LogP contribution in [-0.4, -0.2) is 27.5 Å². The molecule has 1 aromatic heterocycles. The van der Waals surface area contributed by atoms with Gasteiger partial charge in [0.05, 0.1) is 5.70 Å². The van der Waals surface area contributed by atoms with Crippen LogP contribution < -0.4 is 10.7 Å². The second-order valence-corrected chi connectivity index (χ2v) is 7.68. The molecule has 0 amide bonds. The molecule has 148 valence electrons. The lowest BCUT2D eigenvalue weighted by molar-refractivity contribution is 0.328. The van der Waals surface area contributed by atoms with E-state index in [4.69, 9.17) is 11.6 Å². The van der Waals surface area contributed by atoms with Crippen molar-refractivity contribution in [2.75, 3.05) is 6.26 Å². The van der Waals surface area contributed by atoms with Crippen LogP contribution in [-0.2, 0) is 6.54 Å². The Kier molecular flexibility index (Phi) is 5.84. The van der Waals surface area contributed by atoms with E-state index in [9.17, 15) is 10.5 Å². The number of hydrogen-bond acceptors (Lipinski definition) is 8. The molecular weight excluding hydrogens is 418 g/mol. The average Bonchev–Trinajstić information content (AvgIpc) is 3.14. The van der Waals surface area contributed by atoms with Gasteiger partial charge in [0.15, 0.2) is 5.82 Å². The molecule has 30 heavy (non-hydrogen) atoms. The van der Waals surface area contributed by atoms with E-state index < -0.39 is 6.17 Å². The predicted molar refractivity (Wildman–Crippen MR) is 117 cm³/mol. The highest BCUT2D eigenvalue weighted by atomic mass is 35.5. The van der Waals surface area contributed by atoms with Crippen molar-refractivity contribution in [2.24, 2.45) is 4.99 Å². The van der Waals surface area contributed by atoms with Crippen molar-refractivity contribution < 1.29 is 0 Å². The molecule has 0 radical (unpaired) electrons. The van der Waals surface area contributed by atoms with E-state index in [1.807, 2.05) is 30.5 Å². The molecule has 4 rings (SSSR count). The molecule has 0 aliphatic carbocycles. The van der Waals surface area contributed by atoms with Crippen molar-refractivity contribution in [3.05, 3.63) is 81.9 Å². The summed E-state index contributed by atoms with van der Waals surface area (Å²) in [6, 6.07) is 15.6. The number of nitriles is 2. The first kappa shape index (κ1) is 20.1. The molecule has 2 aromatic rings. The number of nitrogens with zero attached hydrogens (tertiary/aromatic N) is 5. The topological polar surface area (TPSA) is 100 Å². The van der Waals surface area contributed by atoms with Crippen LogP contribution in [0.2, 0.25) is 5.02 Å². The van der Waals surface area contributed by atoms with Gasteiger partial charge in [-0.1, -0.05) is 23.7 Å². The standard InChI is InChI=1S/C21H16ClN7S/c1-30-21-16(10-23)18(14-2-4-15(22)5-3-14)29-20(27-21)17(11-24)19(28-29)26-12-13-6-8-25-9-7-13/h2-9,19,26,28H,12H2,1H3. The summed E-state index contributed by atoms with van der Waals surface area (Å²) in [6.07, 6.45) is 4.85. The summed E-state index contributed by atoms with van der Waals surface area (Å²) in [4.78, 5) is 8.63. The molecule has 9 heteroatoms. The van der Waals surface area contributed by atoms with Crippen LogP contribution in [0.5, 0.6) is 0 Å². The minimum absolute atomic E-state index is 0.438. The minimum Gasteiger partial charge on any atom is -0.292 e. The van der Waals surface area contributed by atoms with E-state index in [1.54, 1.807) is 29.5 Å². The fraction of sp³-hybridized carbons (Fsp3) is 0.143. The smallest absolute Gasteiger partial charge is 0.165 e.